The number of aromatic nitrogens is 3. The molecule has 0 amide bonds. The van der Waals surface area contributed by atoms with Gasteiger partial charge in [0.25, 0.3) is 5.52 Å². The Morgan fingerprint density at radius 2 is 2.38 bits per heavy atom. The van der Waals surface area contributed by atoms with E-state index in [2.05, 4.69) is 10.1 Å². The number of rotatable bonds is 1. The highest BCUT2D eigenvalue weighted by Gasteiger charge is 2.05. The average molecular weight is 210 g/mol. The third kappa shape index (κ3) is 1.57. The van der Waals surface area contributed by atoms with E-state index in [1.54, 1.807) is 11.8 Å². The number of fused-ring (bicyclic) bond motifs is 1. The Bertz CT molecular complexity index is 492. The smallest absolute Gasteiger partial charge is 0.201 e. The molecular formula is C8H8N3S2+. The van der Waals surface area contributed by atoms with Gasteiger partial charge in [0, 0.05) is 12.1 Å². The van der Waals surface area contributed by atoms with Crippen molar-refractivity contribution in [1.29, 1.82) is 0 Å². The molecule has 2 heterocycles. The number of nitrogens with zero attached hydrogens (tertiary/aromatic N) is 2. The van der Waals surface area contributed by atoms with Gasteiger partial charge < -0.3 is 0 Å². The van der Waals surface area contributed by atoms with Crippen LogP contribution in [0.15, 0.2) is 29.6 Å². The van der Waals surface area contributed by atoms with Gasteiger partial charge >= 0.3 is 0 Å². The maximum atomic E-state index is 5.14. The predicted octanol–water partition coefficient (Wildman–Crippen LogP) is 1.60. The molecule has 0 saturated heterocycles. The lowest BCUT2D eigenvalue weighted by atomic mass is 10.4. The van der Waals surface area contributed by atoms with Crippen molar-refractivity contribution in [3.63, 3.8) is 0 Å². The van der Waals surface area contributed by atoms with E-state index >= 15 is 0 Å². The number of thioether (sulfide) groups is 1. The Morgan fingerprint density at radius 1 is 1.54 bits per heavy atom. The van der Waals surface area contributed by atoms with Gasteiger partial charge in [-0.25, -0.2) is 4.98 Å². The highest BCUT2D eigenvalue weighted by Crippen LogP contribution is 2.06. The Morgan fingerprint density at radius 3 is 3.15 bits per heavy atom. The largest absolute Gasteiger partial charge is 0.272 e. The highest BCUT2D eigenvalue weighted by molar-refractivity contribution is 7.98. The Kier molecular flexibility index (Phi) is 2.28. The molecule has 66 valence electrons. The summed E-state index contributed by atoms with van der Waals surface area (Å²) in [7, 11) is 0. The summed E-state index contributed by atoms with van der Waals surface area (Å²) < 4.78 is 2.50. The quantitative estimate of drug-likeness (QED) is 0.441. The second-order valence-corrected chi connectivity index (χ2v) is 3.68. The summed E-state index contributed by atoms with van der Waals surface area (Å²) >= 11 is 6.69. The lowest BCUT2D eigenvalue weighted by Gasteiger charge is -1.93. The van der Waals surface area contributed by atoms with Crippen LogP contribution in [0, 0.1) is 4.64 Å². The van der Waals surface area contributed by atoms with Crippen LogP contribution >= 0.6 is 24.0 Å². The summed E-state index contributed by atoms with van der Waals surface area (Å²) in [6, 6.07) is 5.83. The van der Waals surface area contributed by atoms with E-state index in [4.69, 9.17) is 12.2 Å². The molecule has 1 N–H and O–H groups in total. The summed E-state index contributed by atoms with van der Waals surface area (Å²) in [5, 5.41) is 3.95. The summed E-state index contributed by atoms with van der Waals surface area (Å²) in [4.78, 5) is 4.22. The van der Waals surface area contributed by atoms with Gasteiger partial charge in [-0.05, 0) is 12.3 Å². The second kappa shape index (κ2) is 3.43. The van der Waals surface area contributed by atoms with Crippen molar-refractivity contribution in [2.45, 2.75) is 5.16 Å². The molecule has 0 aromatic carbocycles. The lowest BCUT2D eigenvalue weighted by molar-refractivity contribution is -0.586. The van der Waals surface area contributed by atoms with E-state index in [1.165, 1.54) is 0 Å². The Labute approximate surface area is 84.8 Å². The topological polar surface area (TPSA) is 32.8 Å². The summed E-state index contributed by atoms with van der Waals surface area (Å²) in [6.07, 6.45) is 3.88. The van der Waals surface area contributed by atoms with Crippen molar-refractivity contribution >= 4 is 29.5 Å². The van der Waals surface area contributed by atoms with Crippen molar-refractivity contribution in [2.24, 2.45) is 0 Å². The summed E-state index contributed by atoms with van der Waals surface area (Å²) in [6.45, 7) is 0. The molecule has 2 aromatic heterocycles. The standard InChI is InChI=1S/C8H7N3S2/c1-13-8-9-7(12)6-4-2-3-5-11(6)10-8/h2-5H,1H3/p+1. The predicted molar refractivity (Wildman–Crippen MR) is 54.4 cm³/mol. The Hall–Kier alpha value is -0.940. The van der Waals surface area contributed by atoms with Crippen molar-refractivity contribution in [1.82, 2.24) is 10.1 Å². The molecule has 0 aliphatic carbocycles. The van der Waals surface area contributed by atoms with Gasteiger partial charge in [0.05, 0.1) is 0 Å². The molecule has 5 heteroatoms. The summed E-state index contributed by atoms with van der Waals surface area (Å²) in [5.41, 5.74) is 0.926. The van der Waals surface area contributed by atoms with Crippen LogP contribution in [-0.4, -0.2) is 16.3 Å². The maximum Gasteiger partial charge on any atom is 0.272 e. The van der Waals surface area contributed by atoms with Crippen LogP contribution in [0.2, 0.25) is 0 Å². The molecule has 0 saturated carbocycles. The van der Waals surface area contributed by atoms with Gasteiger partial charge in [-0.1, -0.05) is 28.5 Å². The zero-order valence-corrected chi connectivity index (χ0v) is 8.65. The molecular weight excluding hydrogens is 202 g/mol. The number of hydrogen-bond donors (Lipinski definition) is 1. The zero-order chi connectivity index (χ0) is 9.26. The molecule has 3 nitrogen and oxygen atoms in total. The van der Waals surface area contributed by atoms with Crippen LogP contribution in [0.1, 0.15) is 0 Å². The monoisotopic (exact) mass is 210 g/mol. The minimum atomic E-state index is 0.628. The normalized spacial score (nSPS) is 10.5. The van der Waals surface area contributed by atoms with Crippen molar-refractivity contribution in [3.05, 3.63) is 29.0 Å². The first kappa shape index (κ1) is 8.65. The fourth-order valence-corrected chi connectivity index (χ4v) is 1.77. The van der Waals surface area contributed by atoms with Crippen LogP contribution in [0.5, 0.6) is 0 Å². The number of aromatic amines is 1. The van der Waals surface area contributed by atoms with Crippen LogP contribution in [0.4, 0.5) is 0 Å². The zero-order valence-electron chi connectivity index (χ0n) is 7.02. The third-order valence-corrected chi connectivity index (χ3v) is 2.56. The molecule has 0 atom stereocenters. The fourth-order valence-electron chi connectivity index (χ4n) is 1.08. The molecule has 0 bridgehead atoms. The van der Waals surface area contributed by atoms with Gasteiger partial charge in [-0.15, -0.1) is 5.10 Å². The van der Waals surface area contributed by atoms with Gasteiger partial charge in [0.15, 0.2) is 0 Å². The molecule has 0 fully saturated rings. The van der Waals surface area contributed by atoms with Crippen LogP contribution in [0.25, 0.3) is 5.52 Å². The van der Waals surface area contributed by atoms with Crippen molar-refractivity contribution in [2.75, 3.05) is 6.26 Å². The molecule has 0 aliphatic rings. The van der Waals surface area contributed by atoms with Gasteiger partial charge in [-0.2, -0.15) is 0 Å². The number of hydrogen-bond acceptors (Lipinski definition) is 3. The van der Waals surface area contributed by atoms with E-state index in [-0.39, 0.29) is 0 Å². The maximum absolute atomic E-state index is 5.14. The molecule has 2 aromatic rings. The summed E-state index contributed by atoms with van der Waals surface area (Å²) in [5.74, 6) is 0. The average Bonchev–Trinajstić information content (AvgIpc) is 2.18. The van der Waals surface area contributed by atoms with Gasteiger partial charge in [0.1, 0.15) is 0 Å². The SMILES string of the molecule is CSc1nc(=S)c2cccc[n+]2[nH]1. The Balaban J connectivity index is 2.85. The molecule has 0 spiro atoms. The van der Waals surface area contributed by atoms with E-state index in [1.807, 2.05) is 35.2 Å². The first-order chi connectivity index (χ1) is 6.31. The minimum absolute atomic E-state index is 0.628. The van der Waals surface area contributed by atoms with E-state index in [9.17, 15) is 0 Å². The van der Waals surface area contributed by atoms with Gasteiger partial charge in [-0.3, -0.25) is 0 Å². The number of H-pyrrole nitrogens is 1. The molecule has 13 heavy (non-hydrogen) atoms. The number of pyridine rings is 1. The third-order valence-electron chi connectivity index (χ3n) is 1.69. The number of nitrogens with one attached hydrogen (secondary N) is 1. The minimum Gasteiger partial charge on any atom is -0.201 e. The molecule has 2 rings (SSSR count). The van der Waals surface area contributed by atoms with Crippen molar-refractivity contribution < 1.29 is 4.52 Å². The van der Waals surface area contributed by atoms with Crippen LogP contribution in [0.3, 0.4) is 0 Å². The first-order valence-corrected chi connectivity index (χ1v) is 5.39. The van der Waals surface area contributed by atoms with E-state index in [0.717, 1.165) is 10.7 Å². The first-order valence-electron chi connectivity index (χ1n) is 3.76. The van der Waals surface area contributed by atoms with Gasteiger partial charge in [0.2, 0.25) is 16.0 Å². The van der Waals surface area contributed by atoms with Crippen molar-refractivity contribution in [3.8, 4) is 0 Å². The molecule has 0 aliphatic heterocycles. The van der Waals surface area contributed by atoms with E-state index < -0.39 is 0 Å². The lowest BCUT2D eigenvalue weighted by Crippen LogP contribution is -2.27. The van der Waals surface area contributed by atoms with Crippen LogP contribution in [-0.2, 0) is 0 Å². The second-order valence-electron chi connectivity index (χ2n) is 2.49. The fraction of sp³-hybridized carbons (Fsp3) is 0.125. The van der Waals surface area contributed by atoms with E-state index in [0.29, 0.717) is 4.64 Å². The molecule has 0 radical (unpaired) electrons. The molecule has 0 unspecified atom stereocenters. The van der Waals surface area contributed by atoms with Crippen LogP contribution < -0.4 is 4.52 Å². The highest BCUT2D eigenvalue weighted by atomic mass is 32.2.